The summed E-state index contributed by atoms with van der Waals surface area (Å²) in [6.45, 7) is 4.05. The Morgan fingerprint density at radius 1 is 1.48 bits per heavy atom. The Kier molecular flexibility index (Phi) is 5.00. The average molecular weight is 355 g/mol. The molecule has 0 saturated heterocycles. The Bertz CT molecular complexity index is 560. The number of hydrogen-bond donors (Lipinski definition) is 2. The summed E-state index contributed by atoms with van der Waals surface area (Å²) in [5.74, 6) is -0.182. The summed E-state index contributed by atoms with van der Waals surface area (Å²) in [6.07, 6.45) is 0.613. The van der Waals surface area contributed by atoms with Gasteiger partial charge >= 0.3 is 5.97 Å². The zero-order valence-corrected chi connectivity index (χ0v) is 13.9. The molecule has 5 nitrogen and oxygen atoms in total. The molecular weight excluding hydrogens is 336 g/mol. The molecule has 2 rings (SSSR count). The molecule has 1 aliphatic rings. The van der Waals surface area contributed by atoms with Gasteiger partial charge in [0, 0.05) is 15.7 Å². The van der Waals surface area contributed by atoms with Crippen molar-refractivity contribution in [1.29, 1.82) is 0 Å². The first-order valence-corrected chi connectivity index (χ1v) is 7.66. The molecule has 2 atom stereocenters. The number of carbonyl (C=O) groups excluding carboxylic acids is 2. The monoisotopic (exact) mass is 354 g/mol. The van der Waals surface area contributed by atoms with Crippen molar-refractivity contribution in [2.75, 3.05) is 12.4 Å². The smallest absolute Gasteiger partial charge is 0.322 e. The summed E-state index contributed by atoms with van der Waals surface area (Å²) in [5, 5.41) is 5.94. The van der Waals surface area contributed by atoms with Crippen LogP contribution in [0, 0.1) is 5.92 Å². The van der Waals surface area contributed by atoms with E-state index in [9.17, 15) is 9.59 Å². The molecule has 0 fully saturated rings. The Labute approximate surface area is 132 Å². The number of fused-ring (bicyclic) bond motifs is 1. The van der Waals surface area contributed by atoms with Crippen LogP contribution in [0.1, 0.15) is 31.9 Å². The fourth-order valence-electron chi connectivity index (χ4n) is 2.45. The van der Waals surface area contributed by atoms with E-state index in [2.05, 4.69) is 26.6 Å². The minimum absolute atomic E-state index is 0.152. The van der Waals surface area contributed by atoms with Crippen LogP contribution in [0.25, 0.3) is 0 Å². The zero-order valence-electron chi connectivity index (χ0n) is 12.3. The van der Waals surface area contributed by atoms with Crippen molar-refractivity contribution in [2.45, 2.75) is 32.4 Å². The number of hydrogen-bond acceptors (Lipinski definition) is 4. The molecule has 21 heavy (non-hydrogen) atoms. The lowest BCUT2D eigenvalue weighted by Gasteiger charge is -2.21. The van der Waals surface area contributed by atoms with Crippen molar-refractivity contribution in [3.05, 3.63) is 28.2 Å². The molecule has 0 radical (unpaired) electrons. The van der Waals surface area contributed by atoms with Crippen LogP contribution in [0.4, 0.5) is 5.69 Å². The molecule has 1 aliphatic heterocycles. The number of halogens is 1. The van der Waals surface area contributed by atoms with Crippen LogP contribution in [-0.4, -0.2) is 25.0 Å². The predicted octanol–water partition coefficient (Wildman–Crippen LogP) is 2.62. The van der Waals surface area contributed by atoms with Gasteiger partial charge < -0.3 is 10.1 Å². The molecule has 6 heteroatoms. The first kappa shape index (κ1) is 16.0. The number of rotatable bonds is 5. The minimum Gasteiger partial charge on any atom is -0.468 e. The van der Waals surface area contributed by atoms with Crippen LogP contribution < -0.4 is 10.6 Å². The van der Waals surface area contributed by atoms with Crippen LogP contribution in [0.3, 0.4) is 0 Å². The standard InChI is InChI=1S/C15H19BrN2O3/c1-8(2)6-12(15(20)21-3)17-13-10-5-4-9(16)7-11(10)18-14(13)19/h4-5,7-8,12-13,17H,6H2,1-3H3,(H,18,19). The highest BCUT2D eigenvalue weighted by molar-refractivity contribution is 9.10. The van der Waals surface area contributed by atoms with E-state index in [0.717, 1.165) is 15.7 Å². The molecule has 0 bridgehead atoms. The highest BCUT2D eigenvalue weighted by Crippen LogP contribution is 2.33. The van der Waals surface area contributed by atoms with Crippen molar-refractivity contribution in [3.63, 3.8) is 0 Å². The third-order valence-corrected chi connectivity index (χ3v) is 3.90. The third kappa shape index (κ3) is 3.63. The number of esters is 1. The SMILES string of the molecule is COC(=O)C(CC(C)C)NC1C(=O)Nc2cc(Br)ccc21. The van der Waals surface area contributed by atoms with Crippen molar-refractivity contribution >= 4 is 33.5 Å². The van der Waals surface area contributed by atoms with E-state index in [0.29, 0.717) is 12.3 Å². The summed E-state index contributed by atoms with van der Waals surface area (Å²) < 4.78 is 5.72. The Morgan fingerprint density at radius 2 is 2.19 bits per heavy atom. The molecule has 2 unspecified atom stereocenters. The fraction of sp³-hybridized carbons (Fsp3) is 0.467. The molecule has 0 aliphatic carbocycles. The highest BCUT2D eigenvalue weighted by atomic mass is 79.9. The lowest BCUT2D eigenvalue weighted by atomic mass is 10.0. The number of ether oxygens (including phenoxy) is 1. The second kappa shape index (κ2) is 6.58. The van der Waals surface area contributed by atoms with Gasteiger partial charge in [-0.05, 0) is 24.5 Å². The topological polar surface area (TPSA) is 67.4 Å². The van der Waals surface area contributed by atoms with Crippen LogP contribution in [0.2, 0.25) is 0 Å². The average Bonchev–Trinajstić information content (AvgIpc) is 2.72. The maximum absolute atomic E-state index is 12.1. The first-order valence-electron chi connectivity index (χ1n) is 6.86. The van der Waals surface area contributed by atoms with Gasteiger partial charge in [0.25, 0.3) is 0 Å². The molecule has 1 aromatic carbocycles. The summed E-state index contributed by atoms with van der Waals surface area (Å²) in [7, 11) is 1.36. The van der Waals surface area contributed by atoms with E-state index in [4.69, 9.17) is 4.74 Å². The molecule has 0 aromatic heterocycles. The lowest BCUT2D eigenvalue weighted by molar-refractivity contribution is -0.144. The molecule has 1 heterocycles. The predicted molar refractivity (Wildman–Crippen MR) is 83.9 cm³/mol. The third-order valence-electron chi connectivity index (χ3n) is 3.41. The number of anilines is 1. The van der Waals surface area contributed by atoms with Crippen molar-refractivity contribution in [3.8, 4) is 0 Å². The molecule has 114 valence electrons. The minimum atomic E-state index is -0.532. The second-order valence-corrected chi connectivity index (χ2v) is 6.44. The maximum atomic E-state index is 12.1. The van der Waals surface area contributed by atoms with E-state index in [1.807, 2.05) is 32.0 Å². The summed E-state index contributed by atoms with van der Waals surface area (Å²) in [6, 6.07) is 4.57. The van der Waals surface area contributed by atoms with Gasteiger partial charge in [-0.25, -0.2) is 0 Å². The fourth-order valence-corrected chi connectivity index (χ4v) is 2.81. The Hall–Kier alpha value is -1.40. The molecule has 2 N–H and O–H groups in total. The summed E-state index contributed by atoms with van der Waals surface area (Å²) in [4.78, 5) is 24.0. The van der Waals surface area contributed by atoms with Gasteiger partial charge in [0.05, 0.1) is 7.11 Å². The van der Waals surface area contributed by atoms with E-state index in [1.54, 1.807) is 0 Å². The van der Waals surface area contributed by atoms with Crippen LogP contribution >= 0.6 is 15.9 Å². The van der Waals surface area contributed by atoms with Gasteiger partial charge in [-0.15, -0.1) is 0 Å². The van der Waals surface area contributed by atoms with Crippen molar-refractivity contribution in [1.82, 2.24) is 5.32 Å². The number of methoxy groups -OCH3 is 1. The van der Waals surface area contributed by atoms with Crippen LogP contribution in [0.15, 0.2) is 22.7 Å². The van der Waals surface area contributed by atoms with Gasteiger partial charge in [0.1, 0.15) is 12.1 Å². The van der Waals surface area contributed by atoms with E-state index in [1.165, 1.54) is 7.11 Å². The van der Waals surface area contributed by atoms with Gasteiger partial charge in [-0.2, -0.15) is 0 Å². The zero-order chi connectivity index (χ0) is 15.6. The van der Waals surface area contributed by atoms with E-state index < -0.39 is 12.1 Å². The van der Waals surface area contributed by atoms with Gasteiger partial charge in [-0.3, -0.25) is 14.9 Å². The Balaban J connectivity index is 2.21. The normalized spacial score (nSPS) is 18.3. The second-order valence-electron chi connectivity index (χ2n) is 5.53. The number of amides is 1. The number of nitrogens with one attached hydrogen (secondary N) is 2. The first-order chi connectivity index (χ1) is 9.92. The molecule has 0 spiro atoms. The van der Waals surface area contributed by atoms with E-state index >= 15 is 0 Å². The van der Waals surface area contributed by atoms with Crippen LogP contribution in [0.5, 0.6) is 0 Å². The molecule has 0 saturated carbocycles. The van der Waals surface area contributed by atoms with E-state index in [-0.39, 0.29) is 11.9 Å². The highest BCUT2D eigenvalue weighted by Gasteiger charge is 2.34. The lowest BCUT2D eigenvalue weighted by Crippen LogP contribution is -2.43. The largest absolute Gasteiger partial charge is 0.468 e. The molecule has 1 amide bonds. The van der Waals surface area contributed by atoms with Gasteiger partial charge in [-0.1, -0.05) is 35.8 Å². The summed E-state index contributed by atoms with van der Waals surface area (Å²) in [5.41, 5.74) is 1.61. The number of benzene rings is 1. The molecule has 1 aromatic rings. The maximum Gasteiger partial charge on any atom is 0.322 e. The van der Waals surface area contributed by atoms with Gasteiger partial charge in [0.15, 0.2) is 0 Å². The van der Waals surface area contributed by atoms with Crippen molar-refractivity contribution in [2.24, 2.45) is 5.92 Å². The summed E-state index contributed by atoms with van der Waals surface area (Å²) >= 11 is 3.38. The Morgan fingerprint density at radius 3 is 2.81 bits per heavy atom. The van der Waals surface area contributed by atoms with Gasteiger partial charge in [0.2, 0.25) is 5.91 Å². The number of carbonyl (C=O) groups is 2. The quantitative estimate of drug-likeness (QED) is 0.797. The molecular formula is C15H19BrN2O3. The van der Waals surface area contributed by atoms with Crippen molar-refractivity contribution < 1.29 is 14.3 Å². The van der Waals surface area contributed by atoms with Crippen LogP contribution in [-0.2, 0) is 14.3 Å².